The molecule has 2 aliphatic rings. The summed E-state index contributed by atoms with van der Waals surface area (Å²) in [6.45, 7) is 7.20. The zero-order valence-electron chi connectivity index (χ0n) is 12.3. The number of rotatable bonds is 3. The van der Waals surface area contributed by atoms with E-state index in [0.29, 0.717) is 5.71 Å². The van der Waals surface area contributed by atoms with Crippen molar-refractivity contribution in [1.29, 1.82) is 0 Å². The van der Waals surface area contributed by atoms with E-state index in [2.05, 4.69) is 31.4 Å². The van der Waals surface area contributed by atoms with Crippen LogP contribution in [0.2, 0.25) is 0 Å². The minimum absolute atomic E-state index is 0.546. The molecule has 0 aromatic carbocycles. The van der Waals surface area contributed by atoms with Crippen molar-refractivity contribution in [2.24, 2.45) is 0 Å². The molecular weight excluding hydrogens is 261 g/mol. The second-order valence-corrected chi connectivity index (χ2v) is 4.97. The van der Waals surface area contributed by atoms with E-state index in [4.69, 9.17) is 0 Å². The van der Waals surface area contributed by atoms with Crippen LogP contribution in [-0.2, 0) is 0 Å². The quantitative estimate of drug-likeness (QED) is 0.517. The maximum atomic E-state index is 13.5. The lowest BCUT2D eigenvalue weighted by atomic mass is 9.98. The van der Waals surface area contributed by atoms with Gasteiger partial charge in [0, 0.05) is 23.8 Å². The summed E-state index contributed by atoms with van der Waals surface area (Å²) in [6.07, 6.45) is 20.3. The minimum Gasteiger partial charge on any atom is -0.239 e. The Balaban J connectivity index is 2.64. The summed E-state index contributed by atoms with van der Waals surface area (Å²) in [6, 6.07) is 0. The van der Waals surface area contributed by atoms with Gasteiger partial charge < -0.3 is 0 Å². The average Bonchev–Trinajstić information content (AvgIpc) is 2.58. The molecule has 21 heavy (non-hydrogen) atoms. The lowest BCUT2D eigenvalue weighted by molar-refractivity contribution is -0.413. The van der Waals surface area contributed by atoms with Crippen molar-refractivity contribution in [2.75, 3.05) is 6.67 Å². The maximum absolute atomic E-state index is 13.5. The van der Waals surface area contributed by atoms with Crippen LogP contribution >= 0.6 is 0 Å². The first-order valence-corrected chi connectivity index (χ1v) is 7.19. The maximum Gasteiger partial charge on any atom is 0.219 e. The summed E-state index contributed by atoms with van der Waals surface area (Å²) < 4.78 is 15.5. The molecule has 0 bridgehead atoms. The third kappa shape index (κ3) is 3.66. The third-order valence-electron chi connectivity index (χ3n) is 3.53. The number of hydrogen-bond acceptors (Lipinski definition) is 0. The first-order valence-electron chi connectivity index (χ1n) is 7.19. The van der Waals surface area contributed by atoms with Gasteiger partial charge in [0.15, 0.2) is 6.67 Å². The zero-order valence-corrected chi connectivity index (χ0v) is 12.3. The van der Waals surface area contributed by atoms with Gasteiger partial charge in [-0.15, -0.1) is 0 Å². The van der Waals surface area contributed by atoms with Crippen LogP contribution in [0.25, 0.3) is 0 Å². The molecule has 2 rings (SSSR count). The SMILES string of the molecule is C=C/C=C\C(CF)=[N+]1/C(=C)/C=C\C=C/CC2=C1C=CCC2. The Morgan fingerprint density at radius 1 is 1.29 bits per heavy atom. The fourth-order valence-corrected chi connectivity index (χ4v) is 2.52. The van der Waals surface area contributed by atoms with Gasteiger partial charge in [-0.3, -0.25) is 0 Å². The van der Waals surface area contributed by atoms with Gasteiger partial charge in [0.05, 0.1) is 0 Å². The highest BCUT2D eigenvalue weighted by Crippen LogP contribution is 2.26. The van der Waals surface area contributed by atoms with Crippen molar-refractivity contribution >= 4 is 5.71 Å². The predicted octanol–water partition coefficient (Wildman–Crippen LogP) is 4.79. The van der Waals surface area contributed by atoms with Crippen LogP contribution in [0.5, 0.6) is 0 Å². The normalized spacial score (nSPS) is 24.1. The van der Waals surface area contributed by atoms with Gasteiger partial charge in [-0.05, 0) is 25.8 Å². The lowest BCUT2D eigenvalue weighted by Crippen LogP contribution is -2.21. The Morgan fingerprint density at radius 3 is 2.90 bits per heavy atom. The molecule has 0 aromatic rings. The molecular formula is C19H21FN+. The Kier molecular flexibility index (Phi) is 5.44. The van der Waals surface area contributed by atoms with Crippen LogP contribution < -0.4 is 0 Å². The minimum atomic E-state index is -0.546. The smallest absolute Gasteiger partial charge is 0.219 e. The highest BCUT2D eigenvalue weighted by Gasteiger charge is 2.24. The number of alkyl halides is 1. The van der Waals surface area contributed by atoms with Crippen molar-refractivity contribution in [3.05, 3.63) is 84.8 Å². The summed E-state index contributed by atoms with van der Waals surface area (Å²) >= 11 is 0. The van der Waals surface area contributed by atoms with Crippen LogP contribution in [0.3, 0.4) is 0 Å². The monoisotopic (exact) mass is 282 g/mol. The zero-order chi connectivity index (χ0) is 15.1. The van der Waals surface area contributed by atoms with Gasteiger partial charge >= 0.3 is 0 Å². The Labute approximate surface area is 126 Å². The molecule has 0 unspecified atom stereocenters. The van der Waals surface area contributed by atoms with Gasteiger partial charge in [-0.25, -0.2) is 4.39 Å². The number of allylic oxidation sites excluding steroid dienone is 10. The standard InChI is InChI=1S/C19H21FN/c1-3-4-13-18(15-20)21-16(2)10-6-5-7-11-17-12-8-9-14-19(17)21/h3-7,9-10,13-14H,1-2,8,11-12,15H2/q+1/b7-5-,10-6-,13-4-,21-18-. The van der Waals surface area contributed by atoms with Crippen molar-refractivity contribution in [2.45, 2.75) is 19.3 Å². The molecule has 108 valence electrons. The molecule has 1 aliphatic carbocycles. The Bertz CT molecular complexity index is 609. The van der Waals surface area contributed by atoms with Gasteiger partial charge in [0.25, 0.3) is 0 Å². The van der Waals surface area contributed by atoms with Gasteiger partial charge in [0.2, 0.25) is 17.1 Å². The average molecular weight is 282 g/mol. The molecule has 1 heterocycles. The first kappa shape index (κ1) is 15.2. The van der Waals surface area contributed by atoms with Crippen LogP contribution in [0.1, 0.15) is 19.3 Å². The Morgan fingerprint density at radius 2 is 2.14 bits per heavy atom. The van der Waals surface area contributed by atoms with Crippen molar-refractivity contribution < 1.29 is 8.97 Å². The van der Waals surface area contributed by atoms with Crippen LogP contribution in [-0.4, -0.2) is 17.0 Å². The topological polar surface area (TPSA) is 3.01 Å². The predicted molar refractivity (Wildman–Crippen MR) is 88.0 cm³/mol. The van der Waals surface area contributed by atoms with E-state index in [1.165, 1.54) is 5.57 Å². The molecule has 0 atom stereocenters. The van der Waals surface area contributed by atoms with Crippen LogP contribution in [0.4, 0.5) is 4.39 Å². The van der Waals surface area contributed by atoms with Crippen molar-refractivity contribution in [3.8, 4) is 0 Å². The summed E-state index contributed by atoms with van der Waals surface area (Å²) in [7, 11) is 0. The first-order chi connectivity index (χ1) is 10.3. The van der Waals surface area contributed by atoms with E-state index < -0.39 is 6.67 Å². The second kappa shape index (κ2) is 7.53. The van der Waals surface area contributed by atoms with Gasteiger partial charge in [-0.1, -0.05) is 43.0 Å². The van der Waals surface area contributed by atoms with E-state index in [0.717, 1.165) is 30.7 Å². The van der Waals surface area contributed by atoms with Crippen LogP contribution in [0.15, 0.2) is 84.8 Å². The largest absolute Gasteiger partial charge is 0.239 e. The molecule has 1 nitrogen and oxygen atoms in total. The molecule has 0 saturated heterocycles. The third-order valence-corrected chi connectivity index (χ3v) is 3.53. The lowest BCUT2D eigenvalue weighted by Gasteiger charge is -2.13. The summed E-state index contributed by atoms with van der Waals surface area (Å²) in [5.74, 6) is 0. The Hall–Kier alpha value is -2.22. The van der Waals surface area contributed by atoms with Crippen molar-refractivity contribution in [1.82, 2.24) is 0 Å². The van der Waals surface area contributed by atoms with E-state index in [-0.39, 0.29) is 0 Å². The molecule has 2 heteroatoms. The molecule has 1 aliphatic heterocycles. The van der Waals surface area contributed by atoms with Gasteiger partial charge in [0.1, 0.15) is 0 Å². The molecule has 0 N–H and O–H groups in total. The van der Waals surface area contributed by atoms with Crippen molar-refractivity contribution in [3.63, 3.8) is 0 Å². The fraction of sp³-hybridized carbons (Fsp3) is 0.211. The summed E-state index contributed by atoms with van der Waals surface area (Å²) in [5.41, 5.74) is 3.70. The summed E-state index contributed by atoms with van der Waals surface area (Å²) in [5, 5.41) is 0. The molecule has 0 radical (unpaired) electrons. The van der Waals surface area contributed by atoms with E-state index in [9.17, 15) is 4.39 Å². The van der Waals surface area contributed by atoms with E-state index in [1.807, 2.05) is 22.8 Å². The highest BCUT2D eigenvalue weighted by molar-refractivity contribution is 5.92. The molecule has 0 spiro atoms. The summed E-state index contributed by atoms with van der Waals surface area (Å²) in [4.78, 5) is 0. The molecule has 0 amide bonds. The number of halogens is 1. The second-order valence-electron chi connectivity index (χ2n) is 4.97. The molecule has 0 fully saturated rings. The molecule has 0 saturated carbocycles. The fourth-order valence-electron chi connectivity index (χ4n) is 2.52. The molecule has 0 aromatic heterocycles. The van der Waals surface area contributed by atoms with Gasteiger partial charge in [-0.2, -0.15) is 4.58 Å². The van der Waals surface area contributed by atoms with E-state index >= 15 is 0 Å². The number of hydrogen-bond donors (Lipinski definition) is 0. The highest BCUT2D eigenvalue weighted by atomic mass is 19.1. The number of nitrogens with zero attached hydrogens (tertiary/aromatic N) is 1. The van der Waals surface area contributed by atoms with Crippen LogP contribution in [0, 0.1) is 0 Å². The van der Waals surface area contributed by atoms with E-state index in [1.54, 1.807) is 18.2 Å².